The van der Waals surface area contributed by atoms with Crippen LogP contribution in [0.2, 0.25) is 0 Å². The van der Waals surface area contributed by atoms with Gasteiger partial charge < -0.3 is 15.8 Å². The van der Waals surface area contributed by atoms with Crippen molar-refractivity contribution < 1.29 is 14.3 Å². The maximum absolute atomic E-state index is 12.1. The Balaban J connectivity index is 2.24. The Bertz CT molecular complexity index is 553. The van der Waals surface area contributed by atoms with Crippen molar-refractivity contribution >= 4 is 33.8 Å². The fraction of sp³-hybridized carbons (Fsp3) is 0.600. The molecule has 5 nitrogen and oxygen atoms in total. The van der Waals surface area contributed by atoms with Gasteiger partial charge >= 0.3 is 5.97 Å². The number of nitrogens with two attached hydrogens (primary N) is 1. The van der Waals surface area contributed by atoms with Crippen molar-refractivity contribution in [3.63, 3.8) is 0 Å². The first-order valence-corrected chi connectivity index (χ1v) is 8.18. The van der Waals surface area contributed by atoms with Crippen LogP contribution >= 0.6 is 11.3 Å². The number of nitrogen functional groups attached to an aromatic ring is 1. The molecule has 1 fully saturated rings. The van der Waals surface area contributed by atoms with Crippen LogP contribution in [0.1, 0.15) is 60.1 Å². The van der Waals surface area contributed by atoms with Crippen molar-refractivity contribution in [3.05, 3.63) is 10.4 Å². The molecule has 0 aliphatic heterocycles. The summed E-state index contributed by atoms with van der Waals surface area (Å²) in [6, 6.07) is 0.371. The molecule has 0 radical (unpaired) electrons. The number of carbonyl (C=O) groups excluding carboxylic acids is 2. The van der Waals surface area contributed by atoms with E-state index in [1.165, 1.54) is 24.7 Å². The Labute approximate surface area is 128 Å². The molecule has 0 spiro atoms. The molecule has 2 unspecified atom stereocenters. The fourth-order valence-corrected chi connectivity index (χ4v) is 3.56. The Kier molecular flexibility index (Phi) is 4.88. The molecule has 1 aliphatic carbocycles. The van der Waals surface area contributed by atoms with Crippen LogP contribution in [-0.2, 0) is 4.74 Å². The van der Waals surface area contributed by atoms with Gasteiger partial charge in [-0.2, -0.15) is 0 Å². The lowest BCUT2D eigenvalue weighted by Gasteiger charge is -2.07. The minimum absolute atomic E-state index is 0.128. The van der Waals surface area contributed by atoms with Crippen LogP contribution in [0.15, 0.2) is 0 Å². The first kappa shape index (κ1) is 15.8. The summed E-state index contributed by atoms with van der Waals surface area (Å²) < 4.78 is 5.06. The zero-order valence-electron chi connectivity index (χ0n) is 12.7. The molecular weight excluding hydrogens is 288 g/mol. The third-order valence-electron chi connectivity index (χ3n) is 3.64. The van der Waals surface area contributed by atoms with Crippen LogP contribution in [0.5, 0.6) is 0 Å². The first-order chi connectivity index (χ1) is 9.99. The summed E-state index contributed by atoms with van der Waals surface area (Å²) in [4.78, 5) is 24.1. The standard InChI is InChI=1S/C15H22N2O3S/c1-4-6-9-7-10(9)17-14-11(15(19)20-5-2)12(16)13(21-14)8(3)18/h9-10,17H,4-7,16H2,1-3H3. The maximum atomic E-state index is 12.1. The number of ketones is 1. The summed E-state index contributed by atoms with van der Waals surface area (Å²) >= 11 is 1.25. The number of Topliss-reactive ketones (excluding diaryl/α,β-unsaturated/α-hetero) is 1. The number of hydrogen-bond donors (Lipinski definition) is 2. The van der Waals surface area contributed by atoms with Crippen LogP contribution in [-0.4, -0.2) is 24.4 Å². The van der Waals surface area contributed by atoms with Gasteiger partial charge in [-0.15, -0.1) is 11.3 Å². The van der Waals surface area contributed by atoms with E-state index in [1.807, 2.05) is 0 Å². The van der Waals surface area contributed by atoms with Gasteiger partial charge in [0.05, 0.1) is 17.2 Å². The van der Waals surface area contributed by atoms with Crippen LogP contribution in [0.25, 0.3) is 0 Å². The van der Waals surface area contributed by atoms with Crippen molar-refractivity contribution in [3.8, 4) is 0 Å². The number of hydrogen-bond acceptors (Lipinski definition) is 6. The molecule has 2 atom stereocenters. The van der Waals surface area contributed by atoms with Crippen LogP contribution in [0, 0.1) is 5.92 Å². The Morgan fingerprint density at radius 2 is 2.14 bits per heavy atom. The molecule has 1 aromatic rings. The van der Waals surface area contributed by atoms with Gasteiger partial charge in [-0.25, -0.2) is 4.79 Å². The molecule has 2 rings (SSSR count). The van der Waals surface area contributed by atoms with Gasteiger partial charge in [-0.3, -0.25) is 4.79 Å². The second-order valence-corrected chi connectivity index (χ2v) is 6.38. The summed E-state index contributed by atoms with van der Waals surface area (Å²) in [7, 11) is 0. The molecule has 0 amide bonds. The smallest absolute Gasteiger partial charge is 0.343 e. The molecule has 6 heteroatoms. The second-order valence-electron chi connectivity index (χ2n) is 5.36. The number of esters is 1. The lowest BCUT2D eigenvalue weighted by atomic mass is 10.2. The van der Waals surface area contributed by atoms with Gasteiger partial charge in [0.25, 0.3) is 0 Å². The zero-order valence-corrected chi connectivity index (χ0v) is 13.5. The lowest BCUT2D eigenvalue weighted by Crippen LogP contribution is -2.12. The van der Waals surface area contributed by atoms with Crippen LogP contribution < -0.4 is 11.1 Å². The summed E-state index contributed by atoms with van der Waals surface area (Å²) in [6.45, 7) is 5.65. The molecular formula is C15H22N2O3S. The van der Waals surface area contributed by atoms with Crippen molar-refractivity contribution in [2.45, 2.75) is 46.1 Å². The van der Waals surface area contributed by atoms with Crippen molar-refractivity contribution in [1.29, 1.82) is 0 Å². The van der Waals surface area contributed by atoms with Gasteiger partial charge in [-0.1, -0.05) is 13.3 Å². The van der Waals surface area contributed by atoms with Gasteiger partial charge in [-0.05, 0) is 25.7 Å². The van der Waals surface area contributed by atoms with E-state index in [9.17, 15) is 9.59 Å². The highest BCUT2D eigenvalue weighted by Crippen LogP contribution is 2.42. The molecule has 1 aromatic heterocycles. The molecule has 116 valence electrons. The molecule has 1 heterocycles. The van der Waals surface area contributed by atoms with E-state index in [1.54, 1.807) is 6.92 Å². The Hall–Kier alpha value is -1.56. The van der Waals surface area contributed by atoms with Gasteiger partial charge in [0, 0.05) is 13.0 Å². The molecule has 21 heavy (non-hydrogen) atoms. The SMILES string of the molecule is CCCC1CC1Nc1sc(C(C)=O)c(N)c1C(=O)OCC. The number of nitrogens with one attached hydrogen (secondary N) is 1. The average Bonchev–Trinajstić information content (AvgIpc) is 3.04. The largest absolute Gasteiger partial charge is 0.462 e. The van der Waals surface area contributed by atoms with Gasteiger partial charge in [0.1, 0.15) is 10.6 Å². The van der Waals surface area contributed by atoms with E-state index in [-0.39, 0.29) is 18.1 Å². The van der Waals surface area contributed by atoms with Crippen molar-refractivity contribution in [2.75, 3.05) is 17.7 Å². The molecule has 0 aromatic carbocycles. The number of thiophene rings is 1. The molecule has 1 aliphatic rings. The molecule has 3 N–H and O–H groups in total. The maximum Gasteiger partial charge on any atom is 0.343 e. The average molecular weight is 310 g/mol. The van der Waals surface area contributed by atoms with Gasteiger partial charge in [0.2, 0.25) is 0 Å². The van der Waals surface area contributed by atoms with Crippen LogP contribution in [0.3, 0.4) is 0 Å². The monoisotopic (exact) mass is 310 g/mol. The normalized spacial score (nSPS) is 20.1. The summed E-state index contributed by atoms with van der Waals surface area (Å²) in [6.07, 6.45) is 3.43. The number of rotatable bonds is 7. The zero-order chi connectivity index (χ0) is 15.6. The highest BCUT2D eigenvalue weighted by atomic mass is 32.1. The third kappa shape index (κ3) is 3.37. The quantitative estimate of drug-likeness (QED) is 0.596. The Morgan fingerprint density at radius 3 is 2.71 bits per heavy atom. The molecule has 0 bridgehead atoms. The van der Waals surface area contributed by atoms with E-state index >= 15 is 0 Å². The van der Waals surface area contributed by atoms with E-state index in [0.29, 0.717) is 27.4 Å². The van der Waals surface area contributed by atoms with Gasteiger partial charge in [0.15, 0.2) is 5.78 Å². The van der Waals surface area contributed by atoms with E-state index in [2.05, 4.69) is 12.2 Å². The predicted molar refractivity (Wildman–Crippen MR) is 85.1 cm³/mol. The van der Waals surface area contributed by atoms with E-state index < -0.39 is 5.97 Å². The predicted octanol–water partition coefficient (Wildman–Crippen LogP) is 3.31. The number of anilines is 2. The Morgan fingerprint density at radius 1 is 1.43 bits per heavy atom. The summed E-state index contributed by atoms with van der Waals surface area (Å²) in [5.74, 6) is 0.0556. The second kappa shape index (κ2) is 6.47. The lowest BCUT2D eigenvalue weighted by molar-refractivity contribution is 0.0529. The minimum atomic E-state index is -0.464. The minimum Gasteiger partial charge on any atom is -0.462 e. The van der Waals surface area contributed by atoms with Crippen LogP contribution in [0.4, 0.5) is 10.7 Å². The summed E-state index contributed by atoms with van der Waals surface area (Å²) in [5, 5.41) is 4.03. The van der Waals surface area contributed by atoms with E-state index in [4.69, 9.17) is 10.5 Å². The topological polar surface area (TPSA) is 81.4 Å². The molecule has 1 saturated carbocycles. The highest BCUT2D eigenvalue weighted by Gasteiger charge is 2.38. The van der Waals surface area contributed by atoms with Crippen molar-refractivity contribution in [1.82, 2.24) is 0 Å². The van der Waals surface area contributed by atoms with Crippen molar-refractivity contribution in [2.24, 2.45) is 5.92 Å². The number of ether oxygens (including phenoxy) is 1. The molecule has 0 saturated heterocycles. The van der Waals surface area contributed by atoms with E-state index in [0.717, 1.165) is 12.8 Å². The first-order valence-electron chi connectivity index (χ1n) is 7.36. The highest BCUT2D eigenvalue weighted by molar-refractivity contribution is 7.19. The number of carbonyl (C=O) groups is 2. The summed E-state index contributed by atoms with van der Waals surface area (Å²) in [5.41, 5.74) is 6.53. The fourth-order valence-electron chi connectivity index (χ4n) is 2.50. The third-order valence-corrected chi connectivity index (χ3v) is 4.88.